The first kappa shape index (κ1) is 46.4. The molecule has 2 aliphatic carbocycles. The normalized spacial score (nSPS) is 31.0. The standard InChI is InChI=1S/C44H52F3N7O9S2/c1-26-8-4-5-10-29-22-43(29,39(57)52-65(60,61)41(3)12-13-41)51-36(55)34-21-31(63-30-19-32(28-9-6-14-48-23-28)50-33(20-30)37-49-15-17-64-37)24-53(34)38(56)35(27(2)18-26)54(40(58)59)42(44(45,46)47)11-7-16-62-25-42/h5-6,9-10,14-15,17,19-20,23,26-27,29,31,34-35H,4,7-8,11-13,16,18,21-22,24-25H2,1-3H3,(H,51,55)(H,52,57)(H,58,59)/b10-5-/t26-,27-,29-,31-,34+,35+,42?,43-/m1/s1. The smallest absolute Gasteiger partial charge is 0.414 e. The van der Waals surface area contributed by atoms with Crippen LogP contribution in [0.2, 0.25) is 0 Å². The van der Waals surface area contributed by atoms with Gasteiger partial charge in [0.25, 0.3) is 5.91 Å². The number of alkyl halides is 3. The molecule has 0 radical (unpaired) electrons. The number of fused-ring (bicyclic) bond motifs is 2. The van der Waals surface area contributed by atoms with E-state index in [0.717, 1.165) is 4.90 Å². The molecule has 0 aromatic carbocycles. The Hall–Kier alpha value is -5.15. The first-order valence-electron chi connectivity index (χ1n) is 21.8. The summed E-state index contributed by atoms with van der Waals surface area (Å²) in [6.45, 7) is 3.49. The van der Waals surface area contributed by atoms with Crippen LogP contribution in [0.5, 0.6) is 5.75 Å². The number of nitrogens with zero attached hydrogens (tertiary/aromatic N) is 5. The van der Waals surface area contributed by atoms with Crippen LogP contribution in [0.4, 0.5) is 18.0 Å². The maximum Gasteiger partial charge on any atom is 0.414 e. The lowest BCUT2D eigenvalue weighted by Gasteiger charge is -2.50. The van der Waals surface area contributed by atoms with Crippen LogP contribution in [0, 0.1) is 17.8 Å². The van der Waals surface area contributed by atoms with Gasteiger partial charge in [-0.3, -0.25) is 29.0 Å². The van der Waals surface area contributed by atoms with Crippen LogP contribution >= 0.6 is 11.3 Å². The third kappa shape index (κ3) is 9.07. The van der Waals surface area contributed by atoms with Crippen molar-refractivity contribution in [3.05, 3.63) is 60.4 Å². The van der Waals surface area contributed by atoms with Gasteiger partial charge in [-0.15, -0.1) is 11.3 Å². The monoisotopic (exact) mass is 943 g/mol. The minimum Gasteiger partial charge on any atom is -0.488 e. The summed E-state index contributed by atoms with van der Waals surface area (Å²) in [4.78, 5) is 72.4. The second-order valence-corrected chi connectivity index (χ2v) is 21.5. The Bertz CT molecular complexity index is 2430. The highest BCUT2D eigenvalue weighted by atomic mass is 32.2. The lowest BCUT2D eigenvalue weighted by Crippen LogP contribution is -2.71. The summed E-state index contributed by atoms with van der Waals surface area (Å²) in [6, 6.07) is 3.35. The van der Waals surface area contributed by atoms with Gasteiger partial charge in [-0.05, 0) is 82.3 Å². The molecule has 3 aromatic rings. The fourth-order valence-electron chi connectivity index (χ4n) is 9.53. The summed E-state index contributed by atoms with van der Waals surface area (Å²) >= 11 is 1.33. The van der Waals surface area contributed by atoms with Gasteiger partial charge in [0.15, 0.2) is 5.54 Å². The molecule has 8 rings (SSSR count). The Kier molecular flexibility index (Phi) is 12.5. The predicted octanol–water partition coefficient (Wildman–Crippen LogP) is 5.96. The van der Waals surface area contributed by atoms with Crippen molar-refractivity contribution in [2.45, 2.75) is 119 Å². The van der Waals surface area contributed by atoms with Crippen molar-refractivity contribution in [2.75, 3.05) is 19.8 Å². The molecule has 0 bridgehead atoms. The SMILES string of the molecule is C[C@@H]1CC/C=C\[C@@H]2C[C@@]2(C(=O)NS(=O)(=O)C2(C)CC2)NC(=O)[C@@H]2C[C@@H](Oc3cc(-c4cccnc4)nc(-c4nccs4)c3)CN2C(=O)[C@@H](N(C(=O)O)C2(C(F)(F)F)CCCOC2)[C@H](C)C1. The Balaban J connectivity index is 1.21. The largest absolute Gasteiger partial charge is 0.488 e. The van der Waals surface area contributed by atoms with Crippen molar-refractivity contribution in [2.24, 2.45) is 17.8 Å². The molecule has 21 heteroatoms. The lowest BCUT2D eigenvalue weighted by molar-refractivity contribution is -0.260. The maximum absolute atomic E-state index is 15.5. The fraction of sp³-hybridized carbons (Fsp3) is 0.568. The molecular weight excluding hydrogens is 892 g/mol. The molecule has 6 heterocycles. The van der Waals surface area contributed by atoms with Crippen LogP contribution in [0.3, 0.4) is 0 Å². The molecule has 3 aromatic heterocycles. The predicted molar refractivity (Wildman–Crippen MR) is 231 cm³/mol. The van der Waals surface area contributed by atoms with E-state index in [1.54, 1.807) is 61.2 Å². The minimum atomic E-state index is -5.16. The van der Waals surface area contributed by atoms with Gasteiger partial charge in [-0.25, -0.2) is 23.2 Å². The van der Waals surface area contributed by atoms with E-state index in [9.17, 15) is 27.9 Å². The van der Waals surface area contributed by atoms with E-state index in [1.165, 1.54) is 18.3 Å². The number of carboxylic acid groups (broad SMARTS) is 1. The molecule has 2 saturated heterocycles. The highest BCUT2D eigenvalue weighted by molar-refractivity contribution is 7.91. The number of nitrogens with one attached hydrogen (secondary N) is 2. The number of pyridine rings is 2. The number of allylic oxidation sites excluding steroid dienone is 1. The number of ether oxygens (including phenoxy) is 2. The van der Waals surface area contributed by atoms with Crippen LogP contribution in [0.1, 0.15) is 78.6 Å². The van der Waals surface area contributed by atoms with Crippen molar-refractivity contribution in [3.63, 3.8) is 0 Å². The molecule has 3 aliphatic heterocycles. The summed E-state index contributed by atoms with van der Waals surface area (Å²) in [5.41, 5.74) is -3.28. The van der Waals surface area contributed by atoms with Gasteiger partial charge in [0.05, 0.1) is 23.6 Å². The van der Waals surface area contributed by atoms with Crippen molar-refractivity contribution in [1.29, 1.82) is 0 Å². The second-order valence-electron chi connectivity index (χ2n) is 18.4. The topological polar surface area (TPSA) is 210 Å². The van der Waals surface area contributed by atoms with Gasteiger partial charge in [-0.2, -0.15) is 13.2 Å². The quantitative estimate of drug-likeness (QED) is 0.212. The summed E-state index contributed by atoms with van der Waals surface area (Å²) in [6.07, 6.45) is 1.05. The first-order chi connectivity index (χ1) is 30.8. The number of aromatic nitrogens is 3. The average molecular weight is 944 g/mol. The molecule has 3 N–H and O–H groups in total. The number of hydrogen-bond donors (Lipinski definition) is 3. The molecule has 350 valence electrons. The number of thiazole rings is 1. The van der Waals surface area contributed by atoms with Crippen molar-refractivity contribution in [3.8, 4) is 27.7 Å². The Morgan fingerprint density at radius 2 is 1.89 bits per heavy atom. The fourth-order valence-corrected chi connectivity index (χ4v) is 11.4. The van der Waals surface area contributed by atoms with E-state index in [2.05, 4.69) is 20.0 Å². The Morgan fingerprint density at radius 1 is 1.12 bits per heavy atom. The lowest BCUT2D eigenvalue weighted by atomic mass is 9.82. The van der Waals surface area contributed by atoms with Crippen LogP contribution in [-0.2, 0) is 29.1 Å². The molecule has 5 aliphatic rings. The van der Waals surface area contributed by atoms with E-state index in [4.69, 9.17) is 14.5 Å². The van der Waals surface area contributed by atoms with E-state index in [0.29, 0.717) is 47.6 Å². The number of halogens is 3. The van der Waals surface area contributed by atoms with Crippen LogP contribution in [0.15, 0.2) is 60.4 Å². The van der Waals surface area contributed by atoms with Gasteiger partial charge in [0.1, 0.15) is 40.2 Å². The highest BCUT2D eigenvalue weighted by Crippen LogP contribution is 2.49. The molecule has 4 fully saturated rings. The molecule has 65 heavy (non-hydrogen) atoms. The highest BCUT2D eigenvalue weighted by Gasteiger charge is 2.66. The van der Waals surface area contributed by atoms with E-state index < -0.39 is 98.9 Å². The number of hydrogen-bond acceptors (Lipinski definition) is 12. The van der Waals surface area contributed by atoms with Gasteiger partial charge >= 0.3 is 12.3 Å². The Morgan fingerprint density at radius 3 is 2.54 bits per heavy atom. The summed E-state index contributed by atoms with van der Waals surface area (Å²) < 4.78 is 86.0. The minimum absolute atomic E-state index is 0.0317. The number of carbonyl (C=O) groups excluding carboxylic acids is 3. The summed E-state index contributed by atoms with van der Waals surface area (Å²) in [5, 5.41) is 16.0. The third-order valence-corrected chi connectivity index (χ3v) is 16.6. The van der Waals surface area contributed by atoms with Gasteiger partial charge in [0, 0.05) is 60.6 Å². The molecule has 4 amide bonds. The average Bonchev–Trinajstić information content (AvgIpc) is 4.01. The van der Waals surface area contributed by atoms with Gasteiger partial charge in [0.2, 0.25) is 21.8 Å². The van der Waals surface area contributed by atoms with E-state index in [-0.39, 0.29) is 55.4 Å². The number of amides is 4. The molecule has 0 spiro atoms. The summed E-state index contributed by atoms with van der Waals surface area (Å²) in [7, 11) is -4.15. The van der Waals surface area contributed by atoms with Crippen LogP contribution in [0.25, 0.3) is 22.0 Å². The number of rotatable bonds is 9. The molecule has 8 atom stereocenters. The Labute approximate surface area is 378 Å². The molecule has 16 nitrogen and oxygen atoms in total. The molecule has 1 unspecified atom stereocenters. The van der Waals surface area contributed by atoms with Crippen molar-refractivity contribution in [1.82, 2.24) is 34.8 Å². The van der Waals surface area contributed by atoms with Crippen LogP contribution < -0.4 is 14.8 Å². The van der Waals surface area contributed by atoms with Gasteiger partial charge < -0.3 is 24.8 Å². The van der Waals surface area contributed by atoms with Crippen molar-refractivity contribution < 1.29 is 55.3 Å². The second kappa shape index (κ2) is 17.6. The van der Waals surface area contributed by atoms with E-state index >= 15 is 18.0 Å². The summed E-state index contributed by atoms with van der Waals surface area (Å²) in [5.74, 6) is -4.45. The zero-order chi connectivity index (χ0) is 46.5. The first-order valence-corrected chi connectivity index (χ1v) is 24.2. The van der Waals surface area contributed by atoms with Crippen molar-refractivity contribution >= 4 is 45.2 Å². The van der Waals surface area contributed by atoms with Crippen LogP contribution in [-0.4, -0.2) is 122 Å². The number of sulfonamides is 1. The third-order valence-electron chi connectivity index (χ3n) is 13.6. The maximum atomic E-state index is 15.5. The van der Waals surface area contributed by atoms with Gasteiger partial charge in [-0.1, -0.05) is 26.0 Å². The zero-order valence-corrected chi connectivity index (χ0v) is 37.8. The number of carbonyl (C=O) groups is 4. The molecule has 2 saturated carbocycles. The van der Waals surface area contributed by atoms with E-state index in [1.807, 2.05) is 13.0 Å². The molecular formula is C44H52F3N7O9S2. The zero-order valence-electron chi connectivity index (χ0n) is 36.1.